The first-order chi connectivity index (χ1) is 9.09. The molecule has 1 aromatic heterocycles. The minimum atomic E-state index is -3.64. The maximum atomic E-state index is 12.2. The van der Waals surface area contributed by atoms with Gasteiger partial charge in [-0.25, -0.2) is 22.8 Å². The smallest absolute Gasteiger partial charge is 0.421 e. The molecule has 1 heterocycles. The molecule has 6 nitrogen and oxygen atoms in total. The average Bonchev–Trinajstić information content (AvgIpc) is 2.65. The number of benzene rings is 1. The van der Waals surface area contributed by atoms with Crippen LogP contribution in [0.3, 0.4) is 0 Å². The van der Waals surface area contributed by atoms with Gasteiger partial charge in [0.05, 0.1) is 11.0 Å². The molecule has 7 heteroatoms. The second-order valence-corrected chi connectivity index (χ2v) is 7.38. The number of fused-ring (bicyclic) bond motifs is 1. The van der Waals surface area contributed by atoms with Crippen LogP contribution in [0, 0.1) is 0 Å². The summed E-state index contributed by atoms with van der Waals surface area (Å²) in [6, 6.07) is 6.70. The predicted octanol–water partition coefficient (Wildman–Crippen LogP) is 2.22. The highest BCUT2D eigenvalue weighted by molar-refractivity contribution is 7.90. The lowest BCUT2D eigenvalue weighted by Gasteiger charge is -2.20. The Labute approximate surface area is 117 Å². The Hall–Kier alpha value is -1.89. The van der Waals surface area contributed by atoms with E-state index in [0.29, 0.717) is 11.0 Å². The fourth-order valence-corrected chi connectivity index (χ4v) is 2.51. The molecule has 0 amide bonds. The summed E-state index contributed by atoms with van der Waals surface area (Å²) in [7, 11) is -3.64. The quantitative estimate of drug-likeness (QED) is 0.806. The highest BCUT2D eigenvalue weighted by atomic mass is 32.2. The Bertz CT molecular complexity index is 769. The SMILES string of the molecule is CC(C)(C)OC(=O)n1c(S(C)(=O)=O)nc2ccccc21. The average molecular weight is 296 g/mol. The number of nitrogens with zero attached hydrogens (tertiary/aromatic N) is 2. The molecule has 0 radical (unpaired) electrons. The summed E-state index contributed by atoms with van der Waals surface area (Å²) in [5.74, 6) is 0. The minimum absolute atomic E-state index is 0.312. The van der Waals surface area contributed by atoms with Crippen LogP contribution in [0.4, 0.5) is 4.79 Å². The van der Waals surface area contributed by atoms with E-state index >= 15 is 0 Å². The second-order valence-electron chi connectivity index (χ2n) is 5.47. The van der Waals surface area contributed by atoms with Crippen LogP contribution >= 0.6 is 0 Å². The summed E-state index contributed by atoms with van der Waals surface area (Å²) in [5, 5.41) is -0.312. The number of carbonyl (C=O) groups excluding carboxylic acids is 1. The molecule has 0 saturated carbocycles. The van der Waals surface area contributed by atoms with Gasteiger partial charge in [-0.2, -0.15) is 0 Å². The van der Waals surface area contributed by atoms with Crippen molar-refractivity contribution in [3.05, 3.63) is 24.3 Å². The van der Waals surface area contributed by atoms with Crippen molar-refractivity contribution in [3.8, 4) is 0 Å². The van der Waals surface area contributed by atoms with Gasteiger partial charge in [0.25, 0.3) is 0 Å². The van der Waals surface area contributed by atoms with Crippen molar-refractivity contribution in [2.45, 2.75) is 31.5 Å². The van der Waals surface area contributed by atoms with E-state index in [1.165, 1.54) is 0 Å². The van der Waals surface area contributed by atoms with Crippen molar-refractivity contribution >= 4 is 27.0 Å². The van der Waals surface area contributed by atoms with Crippen molar-refractivity contribution in [3.63, 3.8) is 0 Å². The number of ether oxygens (including phenoxy) is 1. The lowest BCUT2D eigenvalue weighted by Crippen LogP contribution is -2.28. The van der Waals surface area contributed by atoms with Crippen molar-refractivity contribution in [1.29, 1.82) is 0 Å². The maximum absolute atomic E-state index is 12.2. The van der Waals surface area contributed by atoms with Crippen molar-refractivity contribution in [2.75, 3.05) is 6.26 Å². The molecule has 0 unspecified atom stereocenters. The van der Waals surface area contributed by atoms with Gasteiger partial charge in [-0.1, -0.05) is 12.1 Å². The second kappa shape index (κ2) is 4.59. The van der Waals surface area contributed by atoms with Gasteiger partial charge in [0.2, 0.25) is 15.0 Å². The largest absolute Gasteiger partial charge is 0.443 e. The van der Waals surface area contributed by atoms with E-state index in [0.717, 1.165) is 10.8 Å². The van der Waals surface area contributed by atoms with Gasteiger partial charge in [0.1, 0.15) is 5.60 Å². The number of hydrogen-bond donors (Lipinski definition) is 0. The molecule has 0 bridgehead atoms. The lowest BCUT2D eigenvalue weighted by molar-refractivity contribution is 0.0528. The first-order valence-electron chi connectivity index (χ1n) is 6.00. The van der Waals surface area contributed by atoms with Crippen molar-refractivity contribution in [1.82, 2.24) is 9.55 Å². The number of para-hydroxylation sites is 2. The molecule has 0 atom stereocenters. The van der Waals surface area contributed by atoms with E-state index in [1.54, 1.807) is 45.0 Å². The third-order valence-electron chi connectivity index (χ3n) is 2.44. The van der Waals surface area contributed by atoms with Gasteiger partial charge < -0.3 is 4.74 Å². The molecule has 0 aliphatic heterocycles. The molecule has 108 valence electrons. The van der Waals surface area contributed by atoms with Crippen LogP contribution < -0.4 is 0 Å². The number of imidazole rings is 1. The number of rotatable bonds is 1. The molecule has 0 fully saturated rings. The molecule has 0 aliphatic rings. The fourth-order valence-electron chi connectivity index (χ4n) is 1.74. The Morgan fingerprint density at radius 2 is 1.85 bits per heavy atom. The Morgan fingerprint density at radius 3 is 2.40 bits per heavy atom. The summed E-state index contributed by atoms with van der Waals surface area (Å²) in [5.41, 5.74) is 0.109. The van der Waals surface area contributed by atoms with Gasteiger partial charge >= 0.3 is 6.09 Å². The molecule has 1 aromatic carbocycles. The van der Waals surface area contributed by atoms with Crippen LogP contribution in [0.1, 0.15) is 20.8 Å². The van der Waals surface area contributed by atoms with E-state index in [1.807, 2.05) is 0 Å². The molecule has 0 aliphatic carbocycles. The maximum Gasteiger partial charge on any atom is 0.421 e. The highest BCUT2D eigenvalue weighted by Crippen LogP contribution is 2.21. The van der Waals surface area contributed by atoms with Crippen LogP contribution in [-0.2, 0) is 14.6 Å². The van der Waals surface area contributed by atoms with Crippen LogP contribution in [-0.4, -0.2) is 35.9 Å². The Morgan fingerprint density at radius 1 is 1.25 bits per heavy atom. The topological polar surface area (TPSA) is 78.3 Å². The lowest BCUT2D eigenvalue weighted by atomic mass is 10.2. The van der Waals surface area contributed by atoms with Gasteiger partial charge in [0, 0.05) is 6.26 Å². The number of hydrogen-bond acceptors (Lipinski definition) is 5. The van der Waals surface area contributed by atoms with Crippen molar-refractivity contribution < 1.29 is 17.9 Å². The zero-order valence-corrected chi connectivity index (χ0v) is 12.6. The van der Waals surface area contributed by atoms with Gasteiger partial charge in [-0.05, 0) is 32.9 Å². The highest BCUT2D eigenvalue weighted by Gasteiger charge is 2.27. The first kappa shape index (κ1) is 14.5. The molecule has 0 N–H and O–H groups in total. The zero-order valence-electron chi connectivity index (χ0n) is 11.7. The molecule has 2 aromatic rings. The normalized spacial score (nSPS) is 12.6. The van der Waals surface area contributed by atoms with E-state index in [2.05, 4.69) is 4.98 Å². The monoisotopic (exact) mass is 296 g/mol. The first-order valence-corrected chi connectivity index (χ1v) is 7.89. The standard InChI is InChI=1S/C13H16N2O4S/c1-13(2,3)19-12(16)15-10-8-6-5-7-9(10)14-11(15)20(4,17)18/h5-8H,1-4H3. The van der Waals surface area contributed by atoms with E-state index in [-0.39, 0.29) is 5.16 Å². The summed E-state index contributed by atoms with van der Waals surface area (Å²) < 4.78 is 29.8. The molecule has 20 heavy (non-hydrogen) atoms. The zero-order chi connectivity index (χ0) is 15.1. The third kappa shape index (κ3) is 2.82. The van der Waals surface area contributed by atoms with Crippen LogP contribution in [0.15, 0.2) is 29.4 Å². The van der Waals surface area contributed by atoms with Crippen molar-refractivity contribution in [2.24, 2.45) is 0 Å². The molecule has 2 rings (SSSR count). The Balaban J connectivity index is 2.69. The van der Waals surface area contributed by atoms with Gasteiger partial charge in [0.15, 0.2) is 0 Å². The molecular formula is C13H16N2O4S. The summed E-state index contributed by atoms with van der Waals surface area (Å²) in [6.07, 6.45) is 0.251. The summed E-state index contributed by atoms with van der Waals surface area (Å²) >= 11 is 0. The summed E-state index contributed by atoms with van der Waals surface area (Å²) in [6.45, 7) is 5.14. The predicted molar refractivity (Wildman–Crippen MR) is 74.5 cm³/mol. The molecule has 0 saturated heterocycles. The molecular weight excluding hydrogens is 280 g/mol. The van der Waals surface area contributed by atoms with E-state index < -0.39 is 21.5 Å². The van der Waals surface area contributed by atoms with Crippen LogP contribution in [0.25, 0.3) is 11.0 Å². The summed E-state index contributed by atoms with van der Waals surface area (Å²) in [4.78, 5) is 16.2. The van der Waals surface area contributed by atoms with Crippen LogP contribution in [0.5, 0.6) is 0 Å². The third-order valence-corrected chi connectivity index (χ3v) is 3.37. The minimum Gasteiger partial charge on any atom is -0.443 e. The number of carbonyl (C=O) groups is 1. The van der Waals surface area contributed by atoms with E-state index in [4.69, 9.17) is 4.74 Å². The molecule has 0 spiro atoms. The van der Waals surface area contributed by atoms with Gasteiger partial charge in [-0.15, -0.1) is 0 Å². The number of sulfone groups is 1. The van der Waals surface area contributed by atoms with Crippen LogP contribution in [0.2, 0.25) is 0 Å². The van der Waals surface area contributed by atoms with E-state index in [9.17, 15) is 13.2 Å². The van der Waals surface area contributed by atoms with Gasteiger partial charge in [-0.3, -0.25) is 0 Å². The number of aromatic nitrogens is 2. The Kier molecular flexibility index (Phi) is 3.33. The fraction of sp³-hybridized carbons (Fsp3) is 0.385.